The number of alkyl halides is 2. The average molecular weight is 608 g/mol. The quantitative estimate of drug-likeness (QED) is 0.215. The minimum Gasteiger partial charge on any atom is -0.464 e. The van der Waals surface area contributed by atoms with E-state index in [1.807, 2.05) is 13.8 Å². The van der Waals surface area contributed by atoms with E-state index in [0.717, 1.165) is 12.8 Å². The molecule has 1 saturated heterocycles. The molecule has 6 atom stereocenters. The first kappa shape index (κ1) is 32.5. The molecule has 2 heterocycles. The number of ether oxygens (including phenoxy) is 2. The van der Waals surface area contributed by atoms with E-state index in [2.05, 4.69) is 5.09 Å². The van der Waals surface area contributed by atoms with Crippen LogP contribution in [0.15, 0.2) is 46.1 Å². The Hall–Kier alpha value is -2.97. The number of aliphatic hydroxyl groups is 1. The van der Waals surface area contributed by atoms with Gasteiger partial charge in [0.25, 0.3) is 12.0 Å². The maximum atomic E-state index is 14.3. The zero-order valence-electron chi connectivity index (χ0n) is 22.6. The smallest absolute Gasteiger partial charge is 0.460 e. The number of carbonyl (C=O) groups is 1. The van der Waals surface area contributed by atoms with Gasteiger partial charge < -0.3 is 19.1 Å². The lowest BCUT2D eigenvalue weighted by atomic mass is 10.1. The first-order chi connectivity index (χ1) is 19.4. The van der Waals surface area contributed by atoms with Crippen LogP contribution < -0.4 is 20.9 Å². The largest absolute Gasteiger partial charge is 0.464 e. The molecular formula is C25H33F3N3O9P. The minimum atomic E-state index is -4.82. The molecule has 0 saturated carbocycles. The topological polar surface area (TPSA) is 158 Å². The van der Waals surface area contributed by atoms with Crippen molar-refractivity contribution in [3.8, 4) is 5.75 Å². The van der Waals surface area contributed by atoms with Gasteiger partial charge in [-0.15, -0.1) is 0 Å². The van der Waals surface area contributed by atoms with Crippen LogP contribution in [0.4, 0.5) is 13.2 Å². The van der Waals surface area contributed by atoms with Crippen LogP contribution in [0.3, 0.4) is 0 Å². The Kier molecular flexibility index (Phi) is 11.3. The molecule has 228 valence electrons. The van der Waals surface area contributed by atoms with Gasteiger partial charge in [0.1, 0.15) is 24.1 Å². The second-order valence-corrected chi connectivity index (χ2v) is 11.1. The first-order valence-electron chi connectivity index (χ1n) is 13.0. The van der Waals surface area contributed by atoms with Gasteiger partial charge in [-0.05, 0) is 25.0 Å². The van der Waals surface area contributed by atoms with Crippen molar-refractivity contribution < 1.29 is 46.2 Å². The Bertz CT molecular complexity index is 1320. The van der Waals surface area contributed by atoms with Crippen molar-refractivity contribution in [1.29, 1.82) is 0 Å². The molecule has 41 heavy (non-hydrogen) atoms. The van der Waals surface area contributed by atoms with E-state index in [1.54, 1.807) is 11.1 Å². The zero-order valence-corrected chi connectivity index (χ0v) is 23.5. The second kappa shape index (κ2) is 14.3. The average Bonchev–Trinajstić information content (AvgIpc) is 3.30. The Morgan fingerprint density at radius 1 is 1.24 bits per heavy atom. The van der Waals surface area contributed by atoms with Crippen LogP contribution in [-0.4, -0.2) is 58.0 Å². The molecule has 0 aliphatic carbocycles. The van der Waals surface area contributed by atoms with Gasteiger partial charge in [0.15, 0.2) is 6.10 Å². The summed E-state index contributed by atoms with van der Waals surface area (Å²) in [5, 5.41) is 12.8. The molecule has 2 aromatic rings. The van der Waals surface area contributed by atoms with E-state index in [4.69, 9.17) is 18.5 Å². The van der Waals surface area contributed by atoms with Crippen LogP contribution in [0.2, 0.25) is 0 Å². The summed E-state index contributed by atoms with van der Waals surface area (Å²) in [6, 6.07) is 6.08. The molecule has 0 amide bonds. The highest BCUT2D eigenvalue weighted by Gasteiger charge is 2.49. The summed E-state index contributed by atoms with van der Waals surface area (Å²) < 4.78 is 78.2. The summed E-state index contributed by atoms with van der Waals surface area (Å²) in [5.41, 5.74) is -2.41. The highest BCUT2D eigenvalue weighted by atomic mass is 31.2. The number of rotatable bonds is 14. The van der Waals surface area contributed by atoms with Crippen molar-refractivity contribution in [3.05, 3.63) is 63.2 Å². The number of aromatic amines is 1. The second-order valence-electron chi connectivity index (χ2n) is 9.47. The van der Waals surface area contributed by atoms with Crippen LogP contribution in [0, 0.1) is 11.7 Å². The van der Waals surface area contributed by atoms with E-state index in [0.29, 0.717) is 10.8 Å². The number of nitrogens with one attached hydrogen (secondary N) is 2. The number of esters is 1. The molecule has 3 rings (SSSR count). The third-order valence-electron chi connectivity index (χ3n) is 6.49. The molecule has 1 aliphatic heterocycles. The number of benzene rings is 1. The Morgan fingerprint density at radius 2 is 1.90 bits per heavy atom. The molecule has 0 radical (unpaired) electrons. The summed E-state index contributed by atoms with van der Waals surface area (Å²) in [5.74, 6) is -2.13. The molecule has 0 bridgehead atoms. The van der Waals surface area contributed by atoms with Crippen LogP contribution in [0.25, 0.3) is 0 Å². The third-order valence-corrected chi connectivity index (χ3v) is 8.17. The fourth-order valence-corrected chi connectivity index (χ4v) is 5.73. The maximum absolute atomic E-state index is 14.3. The number of aliphatic hydroxyl groups excluding tert-OH is 1. The highest BCUT2D eigenvalue weighted by molar-refractivity contribution is 7.52. The number of H-pyrrole nitrogens is 1. The van der Waals surface area contributed by atoms with Gasteiger partial charge >= 0.3 is 19.4 Å². The van der Waals surface area contributed by atoms with Crippen molar-refractivity contribution in [2.75, 3.05) is 6.61 Å². The van der Waals surface area contributed by atoms with Gasteiger partial charge in [-0.25, -0.2) is 18.1 Å². The number of hydrogen-bond acceptors (Lipinski definition) is 9. The van der Waals surface area contributed by atoms with Crippen molar-refractivity contribution >= 4 is 13.7 Å². The Morgan fingerprint density at radius 3 is 2.51 bits per heavy atom. The number of para-hydroxylation sites is 1. The predicted molar refractivity (Wildman–Crippen MR) is 139 cm³/mol. The van der Waals surface area contributed by atoms with Gasteiger partial charge in [0, 0.05) is 6.42 Å². The van der Waals surface area contributed by atoms with Gasteiger partial charge in [0.2, 0.25) is 5.82 Å². The lowest BCUT2D eigenvalue weighted by molar-refractivity contribution is -0.147. The van der Waals surface area contributed by atoms with Gasteiger partial charge in [0.05, 0.1) is 18.9 Å². The van der Waals surface area contributed by atoms with Crippen molar-refractivity contribution in [2.45, 2.75) is 77.0 Å². The number of halogens is 3. The molecule has 12 nitrogen and oxygen atoms in total. The molecule has 1 fully saturated rings. The summed E-state index contributed by atoms with van der Waals surface area (Å²) in [7, 11) is -4.82. The van der Waals surface area contributed by atoms with Crippen molar-refractivity contribution in [1.82, 2.24) is 14.6 Å². The van der Waals surface area contributed by atoms with Crippen LogP contribution in [0.1, 0.15) is 46.3 Å². The molecular weight excluding hydrogens is 574 g/mol. The van der Waals surface area contributed by atoms with Crippen molar-refractivity contribution in [2.24, 2.45) is 5.92 Å². The standard InChI is InChI=1S/C25H33F3N3O9P/c1-4-15(5-2)13-37-24(34)14(3)30-41(36,39-16-9-7-6-8-10-16)40-21(22(27)28)20-18(32)11-19(38-20)31-12-17(26)23(33)29-25(31)35/h6-10,12,14-15,18-22,32H,4-5,11,13H2,1-3H3,(H,30,36)(H,29,33,35)/t14-,18-,19+,20-,21-,41-/m0/s1. The van der Waals surface area contributed by atoms with E-state index in [-0.39, 0.29) is 18.3 Å². The normalized spacial score (nSPS) is 21.9. The van der Waals surface area contributed by atoms with Crippen molar-refractivity contribution in [3.63, 3.8) is 0 Å². The van der Waals surface area contributed by atoms with Gasteiger partial charge in [-0.1, -0.05) is 44.9 Å². The lowest BCUT2D eigenvalue weighted by Crippen LogP contribution is -2.44. The predicted octanol–water partition coefficient (Wildman–Crippen LogP) is 3.12. The number of hydrogen-bond donors (Lipinski definition) is 3. The molecule has 3 N–H and O–H groups in total. The zero-order chi connectivity index (χ0) is 30.3. The Labute approximate surface area is 233 Å². The monoisotopic (exact) mass is 607 g/mol. The van der Waals surface area contributed by atoms with Gasteiger partial charge in [-0.2, -0.15) is 9.48 Å². The fourth-order valence-electron chi connectivity index (χ4n) is 4.07. The van der Waals surface area contributed by atoms with E-state index in [9.17, 15) is 37.2 Å². The molecule has 1 aromatic carbocycles. The Balaban J connectivity index is 1.85. The molecule has 0 unspecified atom stereocenters. The highest BCUT2D eigenvalue weighted by Crippen LogP contribution is 2.49. The molecule has 1 aromatic heterocycles. The van der Waals surface area contributed by atoms with E-state index >= 15 is 0 Å². The van der Waals surface area contributed by atoms with Crippen LogP contribution in [0.5, 0.6) is 5.75 Å². The first-order valence-corrected chi connectivity index (χ1v) is 14.5. The molecule has 16 heteroatoms. The summed E-state index contributed by atoms with van der Waals surface area (Å²) in [6.45, 7) is 5.23. The fraction of sp³-hybridized carbons (Fsp3) is 0.560. The molecule has 1 aliphatic rings. The third kappa shape index (κ3) is 8.52. The maximum Gasteiger partial charge on any atom is 0.460 e. The summed E-state index contributed by atoms with van der Waals surface area (Å²) in [4.78, 5) is 37.8. The lowest BCUT2D eigenvalue weighted by Gasteiger charge is -2.30. The number of aromatic nitrogens is 2. The summed E-state index contributed by atoms with van der Waals surface area (Å²) >= 11 is 0. The SMILES string of the molecule is CCC(CC)COC(=O)[C@H](C)N[P@](=O)(Oc1ccccc1)O[C@H](C(F)F)[C@H]1O[C@@H](n2cc(F)c(=O)[nH]c2=O)C[C@@H]1O. The van der Waals surface area contributed by atoms with Crippen LogP contribution in [-0.2, 0) is 23.4 Å². The number of carbonyl (C=O) groups excluding carboxylic acids is 1. The van der Waals surface area contributed by atoms with E-state index < -0.39 is 74.2 Å². The number of nitrogens with zero attached hydrogens (tertiary/aromatic N) is 1. The van der Waals surface area contributed by atoms with Crippen LogP contribution >= 0.6 is 7.75 Å². The molecule has 0 spiro atoms. The summed E-state index contributed by atoms with van der Waals surface area (Å²) in [6.07, 6.45) is -9.33. The minimum absolute atomic E-state index is 0.0463. The van der Waals surface area contributed by atoms with Gasteiger partial charge in [-0.3, -0.25) is 23.7 Å². The van der Waals surface area contributed by atoms with E-state index in [1.165, 1.54) is 31.2 Å².